The van der Waals surface area contributed by atoms with Crippen molar-refractivity contribution in [3.8, 4) is 18.1 Å². The third-order valence-electron chi connectivity index (χ3n) is 5.46. The van der Waals surface area contributed by atoms with Crippen LogP contribution in [0.1, 0.15) is 18.9 Å². The Balaban J connectivity index is 1.69. The van der Waals surface area contributed by atoms with Crippen molar-refractivity contribution < 1.29 is 27.5 Å². The summed E-state index contributed by atoms with van der Waals surface area (Å²) in [6.45, 7) is 1.35. The van der Waals surface area contributed by atoms with Crippen molar-refractivity contribution in [3.63, 3.8) is 0 Å². The maximum absolute atomic E-state index is 13.0. The zero-order valence-electron chi connectivity index (χ0n) is 17.3. The number of nitrogens with one attached hydrogen (secondary N) is 2. The first-order valence-corrected chi connectivity index (χ1v) is 11.4. The van der Waals surface area contributed by atoms with Crippen LogP contribution in [0.4, 0.5) is 4.79 Å². The summed E-state index contributed by atoms with van der Waals surface area (Å²) in [5.74, 6) is 1.66. The van der Waals surface area contributed by atoms with E-state index in [1.807, 2.05) is 0 Å². The average Bonchev–Trinajstić information content (AvgIpc) is 3.19. The molecule has 1 aromatic carbocycles. The van der Waals surface area contributed by atoms with Gasteiger partial charge in [-0.1, -0.05) is 18.1 Å². The molecular formula is C20H24N4O6S. The lowest BCUT2D eigenvalue weighted by Gasteiger charge is -2.26. The van der Waals surface area contributed by atoms with Gasteiger partial charge in [-0.25, -0.2) is 13.2 Å². The van der Waals surface area contributed by atoms with E-state index in [1.165, 1.54) is 14.0 Å². The molecule has 0 saturated carbocycles. The lowest BCUT2D eigenvalue weighted by Crippen LogP contribution is -2.52. The molecule has 0 aromatic heterocycles. The third-order valence-corrected chi connectivity index (χ3v) is 7.21. The maximum atomic E-state index is 13.0. The summed E-state index contributed by atoms with van der Waals surface area (Å²) in [5.41, 5.74) is 1.46. The van der Waals surface area contributed by atoms with E-state index < -0.39 is 33.2 Å². The Labute approximate surface area is 180 Å². The van der Waals surface area contributed by atoms with Gasteiger partial charge in [-0.2, -0.15) is 5.01 Å². The fraction of sp³-hybridized carbons (Fsp3) is 0.450. The molecule has 0 bridgehead atoms. The molecule has 2 heterocycles. The summed E-state index contributed by atoms with van der Waals surface area (Å²) in [7, 11) is -1.65. The van der Waals surface area contributed by atoms with Gasteiger partial charge >= 0.3 is 6.03 Å². The minimum Gasteiger partial charge on any atom is -0.497 e. The van der Waals surface area contributed by atoms with Crippen LogP contribution >= 0.6 is 0 Å². The second-order valence-corrected chi connectivity index (χ2v) is 9.85. The van der Waals surface area contributed by atoms with Crippen LogP contribution in [0.2, 0.25) is 0 Å². The zero-order valence-corrected chi connectivity index (χ0v) is 18.1. The normalized spacial score (nSPS) is 24.7. The number of nitrogens with zero attached hydrogens (tertiary/aromatic N) is 2. The van der Waals surface area contributed by atoms with E-state index in [-0.39, 0.29) is 30.6 Å². The Morgan fingerprint density at radius 2 is 2.06 bits per heavy atom. The van der Waals surface area contributed by atoms with Gasteiger partial charge in [0.15, 0.2) is 9.84 Å². The molecule has 1 aromatic rings. The van der Waals surface area contributed by atoms with Crippen molar-refractivity contribution in [1.82, 2.24) is 20.7 Å². The second-order valence-electron chi connectivity index (χ2n) is 7.63. The van der Waals surface area contributed by atoms with E-state index in [0.29, 0.717) is 22.7 Å². The van der Waals surface area contributed by atoms with Crippen LogP contribution in [0, 0.1) is 12.3 Å². The number of benzene rings is 1. The molecule has 3 rings (SSSR count). The molecule has 2 atom stereocenters. The second kappa shape index (κ2) is 8.56. The van der Waals surface area contributed by atoms with Crippen molar-refractivity contribution in [2.75, 3.05) is 31.7 Å². The molecule has 4 amide bonds. The highest BCUT2D eigenvalue weighted by Crippen LogP contribution is 2.29. The van der Waals surface area contributed by atoms with Gasteiger partial charge in [0.2, 0.25) is 0 Å². The van der Waals surface area contributed by atoms with Gasteiger partial charge in [0, 0.05) is 6.04 Å². The van der Waals surface area contributed by atoms with Crippen molar-refractivity contribution in [1.29, 1.82) is 0 Å². The van der Waals surface area contributed by atoms with Gasteiger partial charge in [0.25, 0.3) is 11.8 Å². The highest BCUT2D eigenvalue weighted by molar-refractivity contribution is 7.91. The highest BCUT2D eigenvalue weighted by Gasteiger charge is 2.50. The summed E-state index contributed by atoms with van der Waals surface area (Å²) >= 11 is 0. The summed E-state index contributed by atoms with van der Waals surface area (Å²) in [6.07, 6.45) is 5.73. The van der Waals surface area contributed by atoms with Gasteiger partial charge in [-0.15, -0.1) is 6.42 Å². The van der Waals surface area contributed by atoms with E-state index in [9.17, 15) is 22.8 Å². The Bertz CT molecular complexity index is 1030. The van der Waals surface area contributed by atoms with E-state index in [4.69, 9.17) is 11.2 Å². The number of carbonyl (C=O) groups is 3. The number of urea groups is 1. The van der Waals surface area contributed by atoms with Crippen molar-refractivity contribution in [2.45, 2.75) is 24.9 Å². The SMILES string of the molecule is C#CCN(CC(=O)NN1C(=O)NC(C)(c2ccc(OC)cc2)C1=O)C1CCS(=O)(=O)C1. The van der Waals surface area contributed by atoms with Crippen molar-refractivity contribution >= 4 is 27.7 Å². The molecule has 2 aliphatic heterocycles. The first-order valence-electron chi connectivity index (χ1n) is 9.58. The number of methoxy groups -OCH3 is 1. The molecule has 2 saturated heterocycles. The van der Waals surface area contributed by atoms with Gasteiger partial charge in [0.1, 0.15) is 11.3 Å². The van der Waals surface area contributed by atoms with E-state index in [0.717, 1.165) is 0 Å². The zero-order chi connectivity index (χ0) is 22.8. The molecule has 2 aliphatic rings. The van der Waals surface area contributed by atoms with Crippen molar-refractivity contribution in [3.05, 3.63) is 29.8 Å². The molecule has 11 heteroatoms. The predicted molar refractivity (Wildman–Crippen MR) is 111 cm³/mol. The number of carbonyl (C=O) groups excluding carboxylic acids is 3. The number of hydrogen-bond acceptors (Lipinski definition) is 7. The standard InChI is InChI=1S/C20H24N4O6S/c1-4-10-23(15-9-11-31(28,29)13-15)12-17(25)22-24-18(26)20(2,21-19(24)27)14-5-7-16(30-3)8-6-14/h1,5-8,15H,9-13H2,2-3H3,(H,21,27)(H,22,25). The lowest BCUT2D eigenvalue weighted by molar-refractivity contribution is -0.139. The van der Waals surface area contributed by atoms with Crippen LogP contribution in [0.15, 0.2) is 24.3 Å². The topological polar surface area (TPSA) is 125 Å². The van der Waals surface area contributed by atoms with Crippen molar-refractivity contribution in [2.24, 2.45) is 0 Å². The number of hydrazine groups is 1. The van der Waals surface area contributed by atoms with Gasteiger partial charge in [-0.05, 0) is 31.0 Å². The van der Waals surface area contributed by atoms with Gasteiger partial charge < -0.3 is 10.1 Å². The minimum atomic E-state index is -3.17. The summed E-state index contributed by atoms with van der Waals surface area (Å²) in [6, 6.07) is 5.46. The maximum Gasteiger partial charge on any atom is 0.344 e. The van der Waals surface area contributed by atoms with Gasteiger partial charge in [-0.3, -0.25) is 19.9 Å². The molecule has 31 heavy (non-hydrogen) atoms. The molecule has 0 spiro atoms. The number of amides is 4. The number of terminal acetylenes is 1. The summed E-state index contributed by atoms with van der Waals surface area (Å²) < 4.78 is 28.6. The molecule has 10 nitrogen and oxygen atoms in total. The first kappa shape index (κ1) is 22.6. The third kappa shape index (κ3) is 4.65. The highest BCUT2D eigenvalue weighted by atomic mass is 32.2. The van der Waals surface area contributed by atoms with E-state index >= 15 is 0 Å². The smallest absolute Gasteiger partial charge is 0.344 e. The fourth-order valence-electron chi connectivity index (χ4n) is 3.70. The number of imide groups is 1. The molecule has 166 valence electrons. The Kier molecular flexibility index (Phi) is 6.24. The number of hydrogen-bond donors (Lipinski definition) is 2. The largest absolute Gasteiger partial charge is 0.497 e. The van der Waals surface area contributed by atoms with Gasteiger partial charge in [0.05, 0.1) is 31.7 Å². The molecule has 2 N–H and O–H groups in total. The average molecular weight is 449 g/mol. The van der Waals surface area contributed by atoms with Crippen LogP contribution in [0.3, 0.4) is 0 Å². The predicted octanol–water partition coefficient (Wildman–Crippen LogP) is -0.384. The summed E-state index contributed by atoms with van der Waals surface area (Å²) in [5, 5.41) is 3.22. The molecule has 0 aliphatic carbocycles. The molecule has 0 radical (unpaired) electrons. The number of sulfone groups is 1. The first-order chi connectivity index (χ1) is 14.6. The number of ether oxygens (including phenoxy) is 1. The van der Waals surface area contributed by atoms with E-state index in [1.54, 1.807) is 29.2 Å². The Morgan fingerprint density at radius 3 is 2.61 bits per heavy atom. The van der Waals surface area contributed by atoms with Crippen LogP contribution in [0.5, 0.6) is 5.75 Å². The molecule has 2 unspecified atom stereocenters. The fourth-order valence-corrected chi connectivity index (χ4v) is 5.46. The molecular weight excluding hydrogens is 424 g/mol. The number of rotatable bonds is 7. The summed E-state index contributed by atoms with van der Waals surface area (Å²) in [4.78, 5) is 39.5. The Morgan fingerprint density at radius 1 is 1.39 bits per heavy atom. The quantitative estimate of drug-likeness (QED) is 0.430. The Hall–Kier alpha value is -3.10. The van der Waals surface area contributed by atoms with Crippen LogP contribution in [0.25, 0.3) is 0 Å². The van der Waals surface area contributed by atoms with Crippen LogP contribution in [-0.2, 0) is 25.0 Å². The van der Waals surface area contributed by atoms with Crippen LogP contribution < -0.4 is 15.5 Å². The molecule has 2 fully saturated rings. The van der Waals surface area contributed by atoms with E-state index in [2.05, 4.69) is 16.7 Å². The monoisotopic (exact) mass is 448 g/mol. The van der Waals surface area contributed by atoms with Crippen LogP contribution in [-0.4, -0.2) is 73.9 Å². The minimum absolute atomic E-state index is 0.0353. The lowest BCUT2D eigenvalue weighted by atomic mass is 9.92.